The summed E-state index contributed by atoms with van der Waals surface area (Å²) >= 11 is 3.94. The molecule has 0 bridgehead atoms. The Bertz CT molecular complexity index is 769. The minimum Gasteiger partial charge on any atom is -0.383 e. The van der Waals surface area contributed by atoms with Crippen LogP contribution in [0.5, 0.6) is 0 Å². The fourth-order valence-electron chi connectivity index (χ4n) is 1.98. The highest BCUT2D eigenvalue weighted by atomic mass is 32.1. The van der Waals surface area contributed by atoms with E-state index in [1.54, 1.807) is 18.3 Å². The summed E-state index contributed by atoms with van der Waals surface area (Å²) in [5, 5.41) is 6.84. The number of nitrogen functional groups attached to an aromatic ring is 1. The zero-order valence-corrected chi connectivity index (χ0v) is 16.9. The van der Waals surface area contributed by atoms with Gasteiger partial charge < -0.3 is 21.0 Å². The first-order valence-electron chi connectivity index (χ1n) is 8.42. The minimum atomic E-state index is 0.410. The average molecular weight is 385 g/mol. The number of nitrogens with two attached hydrogens (primary N) is 1. The van der Waals surface area contributed by atoms with Crippen molar-refractivity contribution in [1.29, 1.82) is 5.41 Å². The van der Waals surface area contributed by atoms with Crippen molar-refractivity contribution in [1.82, 2.24) is 14.7 Å². The van der Waals surface area contributed by atoms with Crippen LogP contribution < -0.4 is 15.4 Å². The SMILES string of the molecule is CN(C)c1ccc(CNS)cc1.Cc1ccc[nH]1.N=Cc1cccnc1N. The lowest BCUT2D eigenvalue weighted by molar-refractivity contribution is 0.983. The van der Waals surface area contributed by atoms with Gasteiger partial charge in [-0.1, -0.05) is 24.9 Å². The standard InChI is InChI=1S/C9H14N2S.C6H7N3.C5H7N/c1-11(2)9-5-3-8(4-6-9)7-10-12;7-4-5-2-1-3-9-6(5)8;1-5-3-2-4-6-5/h3-6,10,12H,7H2,1-2H3;1-4,7H,(H2,8,9);2-4,6H,1H3. The molecular weight excluding hydrogens is 356 g/mol. The van der Waals surface area contributed by atoms with E-state index in [2.05, 4.69) is 56.7 Å². The van der Waals surface area contributed by atoms with Gasteiger partial charge in [-0.3, -0.25) is 4.72 Å². The highest BCUT2D eigenvalue weighted by Gasteiger charge is 1.94. The van der Waals surface area contributed by atoms with Crippen molar-refractivity contribution in [3.63, 3.8) is 0 Å². The number of nitrogens with zero attached hydrogens (tertiary/aromatic N) is 2. The summed E-state index contributed by atoms with van der Waals surface area (Å²) in [7, 11) is 4.07. The molecular formula is C20H28N6S. The number of aromatic amines is 1. The van der Waals surface area contributed by atoms with E-state index in [9.17, 15) is 0 Å². The molecule has 27 heavy (non-hydrogen) atoms. The van der Waals surface area contributed by atoms with Crippen LogP contribution in [0.15, 0.2) is 60.9 Å². The number of nitrogens with one attached hydrogen (secondary N) is 3. The molecule has 2 aromatic heterocycles. The van der Waals surface area contributed by atoms with Gasteiger partial charge in [0.15, 0.2) is 0 Å². The van der Waals surface area contributed by atoms with Crippen molar-refractivity contribution in [2.24, 2.45) is 0 Å². The van der Waals surface area contributed by atoms with Crippen molar-refractivity contribution < 1.29 is 0 Å². The highest BCUT2D eigenvalue weighted by Crippen LogP contribution is 2.11. The fourth-order valence-corrected chi connectivity index (χ4v) is 2.16. The van der Waals surface area contributed by atoms with Crippen molar-refractivity contribution in [3.05, 3.63) is 77.7 Å². The largest absolute Gasteiger partial charge is 0.383 e. The van der Waals surface area contributed by atoms with Gasteiger partial charge in [0.1, 0.15) is 5.82 Å². The molecule has 0 unspecified atom stereocenters. The number of aryl methyl sites for hydroxylation is 1. The lowest BCUT2D eigenvalue weighted by atomic mass is 10.2. The summed E-state index contributed by atoms with van der Waals surface area (Å²) in [5.41, 5.74) is 9.72. The van der Waals surface area contributed by atoms with Crippen LogP contribution in [0.2, 0.25) is 0 Å². The maximum Gasteiger partial charge on any atom is 0.132 e. The molecule has 0 amide bonds. The summed E-state index contributed by atoms with van der Waals surface area (Å²) in [6, 6.07) is 15.9. The number of benzene rings is 1. The van der Waals surface area contributed by atoms with Crippen molar-refractivity contribution in [2.75, 3.05) is 24.7 Å². The van der Waals surface area contributed by atoms with Gasteiger partial charge in [0, 0.05) is 56.2 Å². The zero-order valence-electron chi connectivity index (χ0n) is 16.0. The molecule has 7 heteroatoms. The number of rotatable bonds is 4. The Hall–Kier alpha value is -2.77. The Morgan fingerprint density at radius 1 is 1.19 bits per heavy atom. The Labute approximate surface area is 166 Å². The quantitative estimate of drug-likeness (QED) is 0.350. The fraction of sp³-hybridized carbons (Fsp3) is 0.200. The maximum absolute atomic E-state index is 6.84. The van der Waals surface area contributed by atoms with Gasteiger partial charge in [-0.25, -0.2) is 4.98 Å². The molecule has 6 nitrogen and oxygen atoms in total. The third-order valence-corrected chi connectivity index (χ3v) is 3.67. The van der Waals surface area contributed by atoms with Crippen LogP contribution in [0.25, 0.3) is 0 Å². The second-order valence-electron chi connectivity index (χ2n) is 5.87. The van der Waals surface area contributed by atoms with E-state index in [4.69, 9.17) is 11.1 Å². The average Bonchev–Trinajstić information content (AvgIpc) is 3.15. The molecule has 1 aromatic carbocycles. The van der Waals surface area contributed by atoms with Gasteiger partial charge in [-0.15, -0.1) is 0 Å². The molecule has 3 rings (SSSR count). The van der Waals surface area contributed by atoms with Crippen LogP contribution in [0.4, 0.5) is 11.5 Å². The molecule has 0 aliphatic rings. The summed E-state index contributed by atoms with van der Waals surface area (Å²) in [4.78, 5) is 8.86. The molecule has 0 saturated carbocycles. The van der Waals surface area contributed by atoms with Crippen LogP contribution in [0.1, 0.15) is 16.8 Å². The topological polar surface area (TPSA) is 93.8 Å². The Morgan fingerprint density at radius 3 is 2.26 bits per heavy atom. The second kappa shape index (κ2) is 12.6. The molecule has 3 aromatic rings. The van der Waals surface area contributed by atoms with Crippen molar-refractivity contribution in [2.45, 2.75) is 13.5 Å². The monoisotopic (exact) mass is 384 g/mol. The van der Waals surface area contributed by atoms with Crippen LogP contribution in [-0.2, 0) is 6.54 Å². The molecule has 0 spiro atoms. The first-order valence-corrected chi connectivity index (χ1v) is 8.86. The highest BCUT2D eigenvalue weighted by molar-refractivity contribution is 7.78. The number of H-pyrrole nitrogens is 1. The zero-order chi connectivity index (χ0) is 20.1. The number of thiol groups is 1. The lowest BCUT2D eigenvalue weighted by Crippen LogP contribution is -2.08. The van der Waals surface area contributed by atoms with Gasteiger partial charge in [-0.2, -0.15) is 0 Å². The van der Waals surface area contributed by atoms with Gasteiger partial charge in [0.25, 0.3) is 0 Å². The van der Waals surface area contributed by atoms with E-state index in [-0.39, 0.29) is 0 Å². The van der Waals surface area contributed by atoms with Crippen molar-refractivity contribution in [3.8, 4) is 0 Å². The molecule has 0 aliphatic heterocycles. The first kappa shape index (κ1) is 22.3. The first-order chi connectivity index (χ1) is 13.0. The number of pyridine rings is 1. The Morgan fingerprint density at radius 2 is 1.89 bits per heavy atom. The smallest absolute Gasteiger partial charge is 0.132 e. The van der Waals surface area contributed by atoms with E-state index in [0.29, 0.717) is 11.4 Å². The number of aromatic nitrogens is 2. The van der Waals surface area contributed by atoms with Crippen molar-refractivity contribution >= 4 is 30.5 Å². The van der Waals surface area contributed by atoms with E-state index < -0.39 is 0 Å². The predicted octanol–water partition coefficient (Wildman–Crippen LogP) is 3.67. The predicted molar refractivity (Wildman–Crippen MR) is 119 cm³/mol. The number of hydrogen-bond acceptors (Lipinski definition) is 6. The Balaban J connectivity index is 0.000000214. The number of hydrogen-bond donors (Lipinski definition) is 5. The molecule has 2 heterocycles. The van der Waals surface area contributed by atoms with E-state index in [0.717, 1.165) is 6.54 Å². The number of anilines is 2. The summed E-state index contributed by atoms with van der Waals surface area (Å²) in [6.07, 6.45) is 4.69. The summed E-state index contributed by atoms with van der Waals surface area (Å²) in [5.74, 6) is 0.410. The maximum atomic E-state index is 6.84. The Kier molecular flexibility index (Phi) is 10.4. The normalized spacial score (nSPS) is 9.33. The van der Waals surface area contributed by atoms with Gasteiger partial charge in [0.2, 0.25) is 0 Å². The van der Waals surface area contributed by atoms with E-state index in [1.165, 1.54) is 23.2 Å². The van der Waals surface area contributed by atoms with Gasteiger partial charge in [-0.05, 0) is 48.9 Å². The second-order valence-corrected chi connectivity index (χ2v) is 6.19. The van der Waals surface area contributed by atoms with E-state index >= 15 is 0 Å². The van der Waals surface area contributed by atoms with Gasteiger partial charge >= 0.3 is 0 Å². The van der Waals surface area contributed by atoms with Crippen LogP contribution in [0, 0.1) is 12.3 Å². The molecule has 0 fully saturated rings. The summed E-state index contributed by atoms with van der Waals surface area (Å²) in [6.45, 7) is 2.83. The third kappa shape index (κ3) is 8.94. The minimum absolute atomic E-state index is 0.410. The molecule has 0 aliphatic carbocycles. The molecule has 5 N–H and O–H groups in total. The van der Waals surface area contributed by atoms with E-state index in [1.807, 2.05) is 39.3 Å². The molecule has 0 saturated heterocycles. The lowest BCUT2D eigenvalue weighted by Gasteiger charge is -2.12. The summed E-state index contributed by atoms with van der Waals surface area (Å²) < 4.78 is 2.81. The van der Waals surface area contributed by atoms with Crippen LogP contribution in [0.3, 0.4) is 0 Å². The van der Waals surface area contributed by atoms with Crippen LogP contribution in [-0.4, -0.2) is 30.3 Å². The molecule has 0 atom stereocenters. The third-order valence-electron chi connectivity index (χ3n) is 3.52. The molecule has 0 radical (unpaired) electrons. The van der Waals surface area contributed by atoms with Gasteiger partial charge in [0.05, 0.1) is 0 Å². The molecule has 144 valence electrons. The van der Waals surface area contributed by atoms with Crippen LogP contribution >= 0.6 is 12.8 Å².